The van der Waals surface area contributed by atoms with Gasteiger partial charge in [-0.1, -0.05) is 61.7 Å². The second-order valence-corrected chi connectivity index (χ2v) is 9.04. The zero-order chi connectivity index (χ0) is 23.6. The first-order valence-electron chi connectivity index (χ1n) is 12.6. The molecule has 1 fully saturated rings. The van der Waals surface area contributed by atoms with Crippen LogP contribution in [0, 0.1) is 0 Å². The van der Waals surface area contributed by atoms with Gasteiger partial charge in [-0.3, -0.25) is 0 Å². The molecule has 2 N–H and O–H groups in total. The second-order valence-electron chi connectivity index (χ2n) is 9.04. The fraction of sp³-hybridized carbons (Fsp3) is 0.400. The summed E-state index contributed by atoms with van der Waals surface area (Å²) in [6.07, 6.45) is 7.63. The summed E-state index contributed by atoms with van der Waals surface area (Å²) in [6, 6.07) is 23.4. The summed E-state index contributed by atoms with van der Waals surface area (Å²) in [6.45, 7) is 1.38. The van der Waals surface area contributed by atoms with Crippen LogP contribution in [0.25, 0.3) is 22.3 Å². The van der Waals surface area contributed by atoms with E-state index in [1.807, 2.05) is 12.1 Å². The summed E-state index contributed by atoms with van der Waals surface area (Å²) in [5.41, 5.74) is 6.05. The predicted molar refractivity (Wildman–Crippen MR) is 138 cm³/mol. The van der Waals surface area contributed by atoms with Crippen molar-refractivity contribution in [3.05, 3.63) is 72.3 Å². The lowest BCUT2D eigenvalue weighted by Crippen LogP contribution is -2.08. The van der Waals surface area contributed by atoms with E-state index in [4.69, 9.17) is 19.7 Å². The third-order valence-electron chi connectivity index (χ3n) is 6.59. The lowest BCUT2D eigenvalue weighted by Gasteiger charge is -2.25. The highest BCUT2D eigenvalue weighted by Gasteiger charge is 2.20. The molecule has 4 heteroatoms. The highest BCUT2D eigenvalue weighted by atomic mass is 16.5. The van der Waals surface area contributed by atoms with Gasteiger partial charge in [-0.25, -0.2) is 0 Å². The van der Waals surface area contributed by atoms with E-state index in [0.29, 0.717) is 32.0 Å². The molecule has 0 bridgehead atoms. The molecule has 0 atom stereocenters. The van der Waals surface area contributed by atoms with E-state index in [2.05, 4.69) is 54.6 Å². The molecule has 0 unspecified atom stereocenters. The molecule has 0 saturated heterocycles. The number of aliphatic hydroxyl groups excluding tert-OH is 2. The van der Waals surface area contributed by atoms with Crippen molar-refractivity contribution in [2.45, 2.75) is 50.9 Å². The molecule has 180 valence electrons. The van der Waals surface area contributed by atoms with Crippen LogP contribution in [0.2, 0.25) is 0 Å². The second kappa shape index (κ2) is 12.6. The average Bonchev–Trinajstić information content (AvgIpc) is 2.90. The molecule has 4 nitrogen and oxygen atoms in total. The van der Waals surface area contributed by atoms with Crippen LogP contribution in [0.5, 0.6) is 11.5 Å². The van der Waals surface area contributed by atoms with Gasteiger partial charge in [-0.05, 0) is 70.8 Å². The van der Waals surface area contributed by atoms with E-state index in [1.54, 1.807) is 0 Å². The molecule has 1 aliphatic carbocycles. The average molecular weight is 461 g/mol. The molecule has 34 heavy (non-hydrogen) atoms. The Bertz CT molecular complexity index is 1000. The van der Waals surface area contributed by atoms with Crippen molar-refractivity contribution < 1.29 is 19.7 Å². The molecule has 3 aromatic carbocycles. The van der Waals surface area contributed by atoms with Crippen LogP contribution in [0.3, 0.4) is 0 Å². The minimum Gasteiger partial charge on any atom is -0.494 e. The molecular formula is C30H36O4. The van der Waals surface area contributed by atoms with Gasteiger partial charge in [0.05, 0.1) is 13.2 Å². The normalized spacial score (nSPS) is 14.2. The molecule has 3 aromatic rings. The van der Waals surface area contributed by atoms with Crippen LogP contribution in [0.4, 0.5) is 0 Å². The van der Waals surface area contributed by atoms with Gasteiger partial charge >= 0.3 is 0 Å². The van der Waals surface area contributed by atoms with Crippen LogP contribution in [0.1, 0.15) is 56.4 Å². The summed E-state index contributed by atoms with van der Waals surface area (Å²) in [7, 11) is 0. The Balaban J connectivity index is 1.51. The topological polar surface area (TPSA) is 58.9 Å². The van der Waals surface area contributed by atoms with Crippen LogP contribution in [0.15, 0.2) is 66.7 Å². The fourth-order valence-corrected chi connectivity index (χ4v) is 4.69. The Morgan fingerprint density at radius 3 is 1.76 bits per heavy atom. The number of ether oxygens (including phenoxy) is 2. The largest absolute Gasteiger partial charge is 0.494 e. The minimum absolute atomic E-state index is 0.145. The lowest BCUT2D eigenvalue weighted by molar-refractivity contribution is 0.231. The van der Waals surface area contributed by atoms with E-state index in [1.165, 1.54) is 54.4 Å². The van der Waals surface area contributed by atoms with Gasteiger partial charge in [0.25, 0.3) is 0 Å². The maximum absolute atomic E-state index is 9.12. The van der Waals surface area contributed by atoms with E-state index in [-0.39, 0.29) is 13.2 Å². The number of rotatable bonds is 11. The van der Waals surface area contributed by atoms with Gasteiger partial charge in [-0.2, -0.15) is 0 Å². The SMILES string of the molecule is OCCCOc1ccc(-c2ccc(-c3ccc(OCCCO)c(C4CCCCC4)c3)cc2)cc1. The summed E-state index contributed by atoms with van der Waals surface area (Å²) >= 11 is 0. The standard InChI is InChI=1S/C30H36O4/c31-18-4-20-33-28-15-12-24(13-16-28)23-8-10-25(11-9-23)27-14-17-30(34-21-5-19-32)29(22-27)26-6-2-1-3-7-26/h8-17,22,26,31-32H,1-7,18-21H2. The summed E-state index contributed by atoms with van der Waals surface area (Å²) in [4.78, 5) is 0. The zero-order valence-corrected chi connectivity index (χ0v) is 19.9. The van der Waals surface area contributed by atoms with Crippen LogP contribution < -0.4 is 9.47 Å². The summed E-state index contributed by atoms with van der Waals surface area (Å²) in [5.74, 6) is 2.35. The first kappa shape index (κ1) is 24.3. The van der Waals surface area contributed by atoms with Gasteiger partial charge in [-0.15, -0.1) is 0 Å². The highest BCUT2D eigenvalue weighted by molar-refractivity contribution is 5.71. The smallest absolute Gasteiger partial charge is 0.122 e. The van der Waals surface area contributed by atoms with Crippen molar-refractivity contribution in [1.82, 2.24) is 0 Å². The molecule has 0 radical (unpaired) electrons. The van der Waals surface area contributed by atoms with Gasteiger partial charge in [0.1, 0.15) is 11.5 Å². The van der Waals surface area contributed by atoms with Crippen molar-refractivity contribution in [2.24, 2.45) is 0 Å². The van der Waals surface area contributed by atoms with Crippen molar-refractivity contribution in [3.8, 4) is 33.8 Å². The van der Waals surface area contributed by atoms with Crippen molar-refractivity contribution in [3.63, 3.8) is 0 Å². The molecular weight excluding hydrogens is 424 g/mol. The van der Waals surface area contributed by atoms with E-state index in [9.17, 15) is 0 Å². The maximum Gasteiger partial charge on any atom is 0.122 e. The number of aliphatic hydroxyl groups is 2. The first-order valence-corrected chi connectivity index (χ1v) is 12.6. The molecule has 0 aliphatic heterocycles. The van der Waals surface area contributed by atoms with E-state index in [0.717, 1.165) is 17.1 Å². The number of hydrogen-bond donors (Lipinski definition) is 2. The quantitative estimate of drug-likeness (QED) is 0.317. The molecule has 1 saturated carbocycles. The van der Waals surface area contributed by atoms with Crippen molar-refractivity contribution >= 4 is 0 Å². The monoisotopic (exact) mass is 460 g/mol. The molecule has 0 heterocycles. The Morgan fingerprint density at radius 1 is 0.618 bits per heavy atom. The van der Waals surface area contributed by atoms with Crippen molar-refractivity contribution in [2.75, 3.05) is 26.4 Å². The maximum atomic E-state index is 9.12. The van der Waals surface area contributed by atoms with Crippen LogP contribution in [-0.4, -0.2) is 36.6 Å². The third-order valence-corrected chi connectivity index (χ3v) is 6.59. The van der Waals surface area contributed by atoms with Gasteiger partial charge in [0.2, 0.25) is 0 Å². The van der Waals surface area contributed by atoms with Crippen LogP contribution in [-0.2, 0) is 0 Å². The molecule has 4 rings (SSSR count). The third kappa shape index (κ3) is 6.40. The Morgan fingerprint density at radius 2 is 1.15 bits per heavy atom. The summed E-state index contributed by atoms with van der Waals surface area (Å²) < 4.78 is 11.7. The lowest BCUT2D eigenvalue weighted by atomic mass is 9.82. The molecule has 0 spiro atoms. The fourth-order valence-electron chi connectivity index (χ4n) is 4.69. The van der Waals surface area contributed by atoms with Crippen LogP contribution >= 0.6 is 0 Å². The van der Waals surface area contributed by atoms with Gasteiger partial charge < -0.3 is 19.7 Å². The van der Waals surface area contributed by atoms with E-state index >= 15 is 0 Å². The highest BCUT2D eigenvalue weighted by Crippen LogP contribution is 2.40. The Hall–Kier alpha value is -2.82. The Kier molecular flexibility index (Phi) is 9.00. The number of hydrogen-bond acceptors (Lipinski definition) is 4. The van der Waals surface area contributed by atoms with Gasteiger partial charge in [0, 0.05) is 26.1 Å². The first-order chi connectivity index (χ1) is 16.8. The molecule has 1 aliphatic rings. The van der Waals surface area contributed by atoms with Crippen molar-refractivity contribution in [1.29, 1.82) is 0 Å². The molecule has 0 amide bonds. The molecule has 0 aromatic heterocycles. The predicted octanol–water partition coefficient (Wildman–Crippen LogP) is 6.59. The number of benzene rings is 3. The summed E-state index contributed by atoms with van der Waals surface area (Å²) in [5, 5.41) is 18.0. The van der Waals surface area contributed by atoms with E-state index < -0.39 is 0 Å². The van der Waals surface area contributed by atoms with Gasteiger partial charge in [0.15, 0.2) is 0 Å². The zero-order valence-electron chi connectivity index (χ0n) is 19.9. The minimum atomic E-state index is 0.145. The Labute approximate surface area is 203 Å².